The van der Waals surface area contributed by atoms with Gasteiger partial charge in [0.05, 0.1) is 10.8 Å². The first-order chi connectivity index (χ1) is 21.8. The molecule has 2 aliphatic carbocycles. The van der Waals surface area contributed by atoms with Gasteiger partial charge in [-0.05, 0) is 80.4 Å². The van der Waals surface area contributed by atoms with E-state index in [0.29, 0.717) is 24.3 Å². The third-order valence-electron chi connectivity index (χ3n) is 9.14. The van der Waals surface area contributed by atoms with Crippen molar-refractivity contribution in [2.24, 2.45) is 23.7 Å². The molecule has 9 nitrogen and oxygen atoms in total. The van der Waals surface area contributed by atoms with Crippen molar-refractivity contribution in [3.63, 3.8) is 0 Å². The van der Waals surface area contributed by atoms with Crippen LogP contribution in [0.15, 0.2) is 60.7 Å². The van der Waals surface area contributed by atoms with Crippen molar-refractivity contribution >= 4 is 17.7 Å². The second kappa shape index (κ2) is 19.1. The van der Waals surface area contributed by atoms with E-state index in [0.717, 1.165) is 70.1 Å². The number of amides is 1. The van der Waals surface area contributed by atoms with E-state index in [-0.39, 0.29) is 30.3 Å². The molecule has 2 saturated carbocycles. The standard InChI is InChI=1S/C28H41N3O6.C6H6.C2H6/c1-2-13-30(28(34)37-19-21-6-9-25(10-7-21)31(35)36)24-11-14-29(15-12-24)18-22-5-8-23(16-22)26(27(32)33)17-20-3-4-20;1-2-4-6-5-3-1;1-2/h6-7,9-10,20,22-24,26H,2-5,8,11-19H2,1H3,(H,32,33);1-6H;1-2H3/t22-,23?,26?;;/m1../s1. The van der Waals surface area contributed by atoms with Gasteiger partial charge in [-0.1, -0.05) is 70.0 Å². The number of hydrogen-bond acceptors (Lipinski definition) is 6. The molecule has 2 unspecified atom stereocenters. The summed E-state index contributed by atoms with van der Waals surface area (Å²) in [6.07, 6.45) is 8.79. The summed E-state index contributed by atoms with van der Waals surface area (Å²) in [5, 5.41) is 20.6. The number of ether oxygens (including phenoxy) is 1. The number of hydrogen-bond donors (Lipinski definition) is 1. The number of non-ortho nitro benzene ring substituents is 1. The zero-order chi connectivity index (χ0) is 32.6. The Morgan fingerprint density at radius 2 is 1.53 bits per heavy atom. The van der Waals surface area contributed by atoms with Crippen molar-refractivity contribution in [2.75, 3.05) is 26.2 Å². The lowest BCUT2D eigenvalue weighted by Gasteiger charge is -2.38. The number of carboxylic acid groups (broad SMARTS) is 1. The summed E-state index contributed by atoms with van der Waals surface area (Å²) in [5.74, 6) is 0.774. The number of likely N-dealkylation sites (tertiary alicyclic amines) is 1. The second-order valence-electron chi connectivity index (χ2n) is 12.4. The largest absolute Gasteiger partial charge is 0.481 e. The van der Waals surface area contributed by atoms with Crippen molar-refractivity contribution < 1.29 is 24.4 Å². The van der Waals surface area contributed by atoms with Crippen molar-refractivity contribution in [1.82, 2.24) is 9.80 Å². The highest BCUT2D eigenvalue weighted by Crippen LogP contribution is 2.43. The number of carbonyl (C=O) groups excluding carboxylic acids is 1. The van der Waals surface area contributed by atoms with E-state index < -0.39 is 10.9 Å². The molecule has 248 valence electrons. The molecule has 2 aromatic carbocycles. The first-order valence-corrected chi connectivity index (χ1v) is 17.0. The van der Waals surface area contributed by atoms with E-state index in [9.17, 15) is 24.8 Å². The molecule has 1 N–H and O–H groups in total. The summed E-state index contributed by atoms with van der Waals surface area (Å²) >= 11 is 0. The second-order valence-corrected chi connectivity index (χ2v) is 12.4. The van der Waals surface area contributed by atoms with Crippen molar-refractivity contribution in [3.8, 4) is 0 Å². The van der Waals surface area contributed by atoms with E-state index in [4.69, 9.17) is 4.74 Å². The lowest BCUT2D eigenvalue weighted by atomic mass is 9.86. The average molecular weight is 624 g/mol. The van der Waals surface area contributed by atoms with Crippen molar-refractivity contribution in [3.05, 3.63) is 76.3 Å². The fourth-order valence-corrected chi connectivity index (χ4v) is 6.62. The Morgan fingerprint density at radius 1 is 0.956 bits per heavy atom. The van der Waals surface area contributed by atoms with Crippen LogP contribution in [0.4, 0.5) is 10.5 Å². The Hall–Kier alpha value is -3.46. The summed E-state index contributed by atoms with van der Waals surface area (Å²) in [6, 6.07) is 18.2. The topological polar surface area (TPSA) is 113 Å². The van der Waals surface area contributed by atoms with Crippen LogP contribution in [0.1, 0.15) is 84.1 Å². The molecule has 3 aliphatic rings. The first kappa shape index (κ1) is 36.0. The number of nitro groups is 1. The van der Waals surface area contributed by atoms with Crippen LogP contribution >= 0.6 is 0 Å². The molecule has 3 fully saturated rings. The molecule has 45 heavy (non-hydrogen) atoms. The van der Waals surface area contributed by atoms with Crippen molar-refractivity contribution in [1.29, 1.82) is 0 Å². The normalized spacial score (nSPS) is 20.5. The number of rotatable bonds is 12. The smallest absolute Gasteiger partial charge is 0.410 e. The molecule has 1 amide bonds. The average Bonchev–Trinajstić information content (AvgIpc) is 3.79. The van der Waals surface area contributed by atoms with Gasteiger partial charge < -0.3 is 19.6 Å². The minimum absolute atomic E-state index is 0.0162. The number of carboxylic acids is 1. The Labute approximate surface area is 269 Å². The fourth-order valence-electron chi connectivity index (χ4n) is 6.62. The van der Waals surface area contributed by atoms with Gasteiger partial charge in [0.15, 0.2) is 0 Å². The predicted octanol–water partition coefficient (Wildman–Crippen LogP) is 8.04. The Morgan fingerprint density at radius 3 is 2.04 bits per heavy atom. The molecule has 1 heterocycles. The Balaban J connectivity index is 0.000000608. The highest BCUT2D eigenvalue weighted by Gasteiger charge is 2.39. The minimum Gasteiger partial charge on any atom is -0.481 e. The monoisotopic (exact) mass is 623 g/mol. The molecular weight excluding hydrogens is 570 g/mol. The highest BCUT2D eigenvalue weighted by atomic mass is 16.6. The molecule has 1 saturated heterocycles. The summed E-state index contributed by atoms with van der Waals surface area (Å²) in [7, 11) is 0. The van der Waals surface area contributed by atoms with Gasteiger partial charge in [0.2, 0.25) is 0 Å². The van der Waals surface area contributed by atoms with Gasteiger partial charge in [0.1, 0.15) is 6.61 Å². The summed E-state index contributed by atoms with van der Waals surface area (Å²) in [4.78, 5) is 39.5. The number of benzene rings is 2. The summed E-state index contributed by atoms with van der Waals surface area (Å²) < 4.78 is 5.57. The molecule has 5 rings (SSSR count). The Bertz CT molecular complexity index is 1120. The molecule has 0 spiro atoms. The van der Waals surface area contributed by atoms with Crippen LogP contribution in [-0.4, -0.2) is 64.1 Å². The molecule has 0 radical (unpaired) electrons. The SMILES string of the molecule is CC.CCCN(C(=O)OCc1ccc([N+](=O)[O-])cc1)C1CCN(C[C@@H]2CCC(C(CC3CC3)C(=O)O)C2)CC1.c1ccccc1. The summed E-state index contributed by atoms with van der Waals surface area (Å²) in [6.45, 7) is 9.69. The third kappa shape index (κ3) is 12.1. The fraction of sp³-hybridized carbons (Fsp3) is 0.611. The molecule has 2 aromatic rings. The third-order valence-corrected chi connectivity index (χ3v) is 9.14. The van der Waals surface area contributed by atoms with E-state index >= 15 is 0 Å². The maximum absolute atomic E-state index is 12.9. The lowest BCUT2D eigenvalue weighted by molar-refractivity contribution is -0.384. The summed E-state index contributed by atoms with van der Waals surface area (Å²) in [5.41, 5.74) is 0.741. The van der Waals surface area contributed by atoms with Crippen molar-refractivity contribution in [2.45, 2.75) is 91.2 Å². The highest BCUT2D eigenvalue weighted by molar-refractivity contribution is 5.70. The zero-order valence-corrected chi connectivity index (χ0v) is 27.4. The van der Waals surface area contributed by atoms with Crippen LogP contribution in [0.2, 0.25) is 0 Å². The van der Waals surface area contributed by atoms with Gasteiger partial charge in [-0.25, -0.2) is 4.79 Å². The number of carbonyl (C=O) groups is 2. The molecule has 9 heteroatoms. The zero-order valence-electron chi connectivity index (χ0n) is 27.4. The van der Waals surface area contributed by atoms with Gasteiger partial charge in [-0.15, -0.1) is 0 Å². The number of aliphatic carboxylic acids is 1. The van der Waals surface area contributed by atoms with Gasteiger partial charge in [0, 0.05) is 44.4 Å². The van der Waals surface area contributed by atoms with Gasteiger partial charge in [-0.3, -0.25) is 14.9 Å². The quantitative estimate of drug-likeness (QED) is 0.188. The van der Waals surface area contributed by atoms with E-state index in [2.05, 4.69) is 11.8 Å². The van der Waals surface area contributed by atoms with E-state index in [1.807, 2.05) is 55.1 Å². The van der Waals surface area contributed by atoms with E-state index in [1.165, 1.54) is 25.0 Å². The van der Waals surface area contributed by atoms with Crippen LogP contribution in [-0.2, 0) is 16.1 Å². The van der Waals surface area contributed by atoms with E-state index in [1.54, 1.807) is 12.1 Å². The van der Waals surface area contributed by atoms with Gasteiger partial charge in [-0.2, -0.15) is 0 Å². The maximum Gasteiger partial charge on any atom is 0.410 e. The van der Waals surface area contributed by atoms with Crippen LogP contribution < -0.4 is 0 Å². The van der Waals surface area contributed by atoms with Crippen LogP contribution in [0.5, 0.6) is 0 Å². The molecule has 1 aliphatic heterocycles. The lowest BCUT2D eigenvalue weighted by Crippen LogP contribution is -2.48. The van der Waals surface area contributed by atoms with Crippen LogP contribution in [0.3, 0.4) is 0 Å². The van der Waals surface area contributed by atoms with Gasteiger partial charge in [0.25, 0.3) is 5.69 Å². The Kier molecular flexibility index (Phi) is 15.3. The number of piperidine rings is 1. The minimum atomic E-state index is -0.602. The van der Waals surface area contributed by atoms with Gasteiger partial charge >= 0.3 is 12.1 Å². The molecule has 3 atom stereocenters. The molecule has 0 aromatic heterocycles. The molecular formula is C36H53N3O6. The number of nitro benzene ring substituents is 1. The van der Waals surface area contributed by atoms with Crippen LogP contribution in [0, 0.1) is 33.8 Å². The molecule has 0 bridgehead atoms. The van der Waals surface area contributed by atoms with Crippen LogP contribution in [0.25, 0.3) is 0 Å². The number of nitrogens with zero attached hydrogens (tertiary/aromatic N) is 3. The first-order valence-electron chi connectivity index (χ1n) is 17.0. The predicted molar refractivity (Wildman–Crippen MR) is 177 cm³/mol. The maximum atomic E-state index is 12.9.